The van der Waals surface area contributed by atoms with E-state index in [9.17, 15) is 14.3 Å². The quantitative estimate of drug-likeness (QED) is 0.914. The zero-order valence-electron chi connectivity index (χ0n) is 12.6. The van der Waals surface area contributed by atoms with Gasteiger partial charge < -0.3 is 15.3 Å². The average Bonchev–Trinajstić information content (AvgIpc) is 2.57. The Labute approximate surface area is 133 Å². The molecule has 1 saturated heterocycles. The number of hydrogen-bond donors (Lipinski definition) is 2. The van der Waals surface area contributed by atoms with Gasteiger partial charge in [0, 0.05) is 31.0 Å². The van der Waals surface area contributed by atoms with Crippen LogP contribution in [0.4, 0.5) is 10.1 Å². The molecular formula is C17H18FN3O2. The minimum absolute atomic E-state index is 0.0935. The molecule has 5 nitrogen and oxygen atoms in total. The molecular weight excluding hydrogens is 297 g/mol. The molecule has 120 valence electrons. The van der Waals surface area contributed by atoms with Crippen molar-refractivity contribution in [2.45, 2.75) is 18.9 Å². The van der Waals surface area contributed by atoms with Gasteiger partial charge in [0.25, 0.3) is 5.91 Å². The van der Waals surface area contributed by atoms with Crippen LogP contribution in [0.25, 0.3) is 0 Å². The molecule has 0 spiro atoms. The van der Waals surface area contributed by atoms with E-state index in [1.54, 1.807) is 23.1 Å². The number of nitrogens with zero attached hydrogens (tertiary/aromatic N) is 2. The van der Waals surface area contributed by atoms with Crippen molar-refractivity contribution in [2.75, 3.05) is 18.4 Å². The van der Waals surface area contributed by atoms with Gasteiger partial charge in [-0.25, -0.2) is 9.37 Å². The Morgan fingerprint density at radius 2 is 1.91 bits per heavy atom. The number of benzene rings is 1. The zero-order chi connectivity index (χ0) is 16.2. The van der Waals surface area contributed by atoms with Gasteiger partial charge in [0.1, 0.15) is 11.6 Å². The number of likely N-dealkylation sites (tertiary alicyclic amines) is 1. The highest BCUT2D eigenvalue weighted by molar-refractivity contribution is 5.94. The summed E-state index contributed by atoms with van der Waals surface area (Å²) in [7, 11) is 0. The highest BCUT2D eigenvalue weighted by Crippen LogP contribution is 2.20. The summed E-state index contributed by atoms with van der Waals surface area (Å²) in [4.78, 5) is 18.0. The molecule has 1 aromatic carbocycles. The summed E-state index contributed by atoms with van der Waals surface area (Å²) in [5, 5.41) is 13.1. The van der Waals surface area contributed by atoms with Crippen LogP contribution in [-0.4, -0.2) is 40.0 Å². The van der Waals surface area contributed by atoms with Crippen molar-refractivity contribution < 1.29 is 14.3 Å². The second kappa shape index (κ2) is 6.64. The summed E-state index contributed by atoms with van der Waals surface area (Å²) in [6, 6.07) is 9.54. The average molecular weight is 315 g/mol. The van der Waals surface area contributed by atoms with Crippen LogP contribution in [0.5, 0.6) is 5.75 Å². The van der Waals surface area contributed by atoms with Gasteiger partial charge in [0.05, 0.1) is 0 Å². The monoisotopic (exact) mass is 315 g/mol. The first-order valence-corrected chi connectivity index (χ1v) is 7.59. The van der Waals surface area contributed by atoms with E-state index in [0.717, 1.165) is 18.5 Å². The van der Waals surface area contributed by atoms with Gasteiger partial charge >= 0.3 is 0 Å². The molecule has 0 bridgehead atoms. The first-order chi connectivity index (χ1) is 11.1. The molecule has 1 aliphatic heterocycles. The van der Waals surface area contributed by atoms with E-state index in [2.05, 4.69) is 10.3 Å². The van der Waals surface area contributed by atoms with Crippen molar-refractivity contribution in [2.24, 2.45) is 0 Å². The van der Waals surface area contributed by atoms with Gasteiger partial charge in [0.2, 0.25) is 0 Å². The number of carbonyl (C=O) groups is 1. The molecule has 23 heavy (non-hydrogen) atoms. The maximum Gasteiger partial charge on any atom is 0.276 e. The molecule has 6 heteroatoms. The fourth-order valence-corrected chi connectivity index (χ4v) is 2.72. The Morgan fingerprint density at radius 1 is 1.22 bits per heavy atom. The maximum atomic E-state index is 12.9. The van der Waals surface area contributed by atoms with Crippen LogP contribution >= 0.6 is 0 Å². The van der Waals surface area contributed by atoms with E-state index < -0.39 is 0 Å². The number of aromatic hydroxyl groups is 1. The molecule has 0 unspecified atom stereocenters. The van der Waals surface area contributed by atoms with E-state index in [1.807, 2.05) is 0 Å². The lowest BCUT2D eigenvalue weighted by molar-refractivity contribution is 0.0709. The summed E-state index contributed by atoms with van der Waals surface area (Å²) in [6.07, 6.45) is 3.07. The van der Waals surface area contributed by atoms with E-state index in [4.69, 9.17) is 0 Å². The van der Waals surface area contributed by atoms with Crippen molar-refractivity contribution in [3.8, 4) is 5.75 Å². The van der Waals surface area contributed by atoms with E-state index >= 15 is 0 Å². The number of anilines is 1. The highest BCUT2D eigenvalue weighted by atomic mass is 19.1. The van der Waals surface area contributed by atoms with Gasteiger partial charge in [-0.15, -0.1) is 0 Å². The van der Waals surface area contributed by atoms with Gasteiger partial charge in [-0.1, -0.05) is 0 Å². The third-order valence-electron chi connectivity index (χ3n) is 3.99. The number of halogens is 1. The highest BCUT2D eigenvalue weighted by Gasteiger charge is 2.25. The molecule has 0 saturated carbocycles. The lowest BCUT2D eigenvalue weighted by atomic mass is 10.0. The van der Waals surface area contributed by atoms with Crippen LogP contribution in [0.2, 0.25) is 0 Å². The first-order valence-electron chi connectivity index (χ1n) is 7.59. The Morgan fingerprint density at radius 3 is 2.57 bits per heavy atom. The molecule has 3 rings (SSSR count). The largest absolute Gasteiger partial charge is 0.505 e. The zero-order valence-corrected chi connectivity index (χ0v) is 12.6. The SMILES string of the molecule is O=C(c1ncccc1O)N1CCC(Nc2ccc(F)cc2)CC1. The number of amides is 1. The number of hydrogen-bond acceptors (Lipinski definition) is 4. The van der Waals surface area contributed by atoms with Crippen LogP contribution in [0.1, 0.15) is 23.3 Å². The Kier molecular flexibility index (Phi) is 4.41. The van der Waals surface area contributed by atoms with Crippen molar-refractivity contribution in [3.05, 3.63) is 54.1 Å². The van der Waals surface area contributed by atoms with E-state index in [0.29, 0.717) is 13.1 Å². The number of piperidine rings is 1. The fraction of sp³-hybridized carbons (Fsp3) is 0.294. The Balaban J connectivity index is 1.57. The number of aromatic nitrogens is 1. The lowest BCUT2D eigenvalue weighted by Crippen LogP contribution is -2.42. The molecule has 2 N–H and O–H groups in total. The Hall–Kier alpha value is -2.63. The minimum Gasteiger partial charge on any atom is -0.505 e. The van der Waals surface area contributed by atoms with Crippen molar-refractivity contribution in [1.82, 2.24) is 9.88 Å². The number of nitrogens with one attached hydrogen (secondary N) is 1. The third-order valence-corrected chi connectivity index (χ3v) is 3.99. The molecule has 0 aliphatic carbocycles. The summed E-state index contributed by atoms with van der Waals surface area (Å²) in [6.45, 7) is 1.18. The predicted octanol–water partition coefficient (Wildman–Crippen LogP) is 2.64. The summed E-state index contributed by atoms with van der Waals surface area (Å²) < 4.78 is 12.9. The minimum atomic E-state index is -0.258. The Bertz CT molecular complexity index is 682. The van der Waals surface area contributed by atoms with Gasteiger partial charge in [0.15, 0.2) is 5.69 Å². The molecule has 2 aromatic rings. The van der Waals surface area contributed by atoms with Crippen molar-refractivity contribution in [1.29, 1.82) is 0 Å². The third kappa shape index (κ3) is 3.59. The molecule has 2 heterocycles. The van der Waals surface area contributed by atoms with E-state index in [1.165, 1.54) is 24.4 Å². The molecule has 0 radical (unpaired) electrons. The lowest BCUT2D eigenvalue weighted by Gasteiger charge is -2.32. The van der Waals surface area contributed by atoms with Crippen molar-refractivity contribution in [3.63, 3.8) is 0 Å². The van der Waals surface area contributed by atoms with Crippen LogP contribution < -0.4 is 5.32 Å². The summed E-state index contributed by atoms with van der Waals surface area (Å²) >= 11 is 0. The van der Waals surface area contributed by atoms with Crippen molar-refractivity contribution >= 4 is 11.6 Å². The van der Waals surface area contributed by atoms with Crippen LogP contribution in [0, 0.1) is 5.82 Å². The van der Waals surface area contributed by atoms with Crippen LogP contribution in [0.3, 0.4) is 0 Å². The molecule has 1 aromatic heterocycles. The molecule has 0 atom stereocenters. The standard InChI is InChI=1S/C17H18FN3O2/c18-12-3-5-13(6-4-12)20-14-7-10-21(11-8-14)17(23)16-15(22)2-1-9-19-16/h1-6,9,14,20,22H,7-8,10-11H2. The number of carbonyl (C=O) groups excluding carboxylic acids is 1. The smallest absolute Gasteiger partial charge is 0.276 e. The maximum absolute atomic E-state index is 12.9. The molecule has 1 fully saturated rings. The second-order valence-electron chi connectivity index (χ2n) is 5.59. The summed E-state index contributed by atoms with van der Waals surface area (Å²) in [5.74, 6) is -0.599. The normalized spacial score (nSPS) is 15.4. The van der Waals surface area contributed by atoms with Gasteiger partial charge in [-0.2, -0.15) is 0 Å². The fourth-order valence-electron chi connectivity index (χ4n) is 2.72. The van der Waals surface area contributed by atoms with Gasteiger partial charge in [-0.05, 0) is 49.2 Å². The topological polar surface area (TPSA) is 65.5 Å². The van der Waals surface area contributed by atoms with Gasteiger partial charge in [-0.3, -0.25) is 4.79 Å². The second-order valence-corrected chi connectivity index (χ2v) is 5.59. The number of rotatable bonds is 3. The van der Waals surface area contributed by atoms with E-state index in [-0.39, 0.29) is 29.2 Å². The molecule has 1 amide bonds. The number of pyridine rings is 1. The van der Waals surface area contributed by atoms with Crippen LogP contribution in [0.15, 0.2) is 42.6 Å². The summed E-state index contributed by atoms with van der Waals surface area (Å²) in [5.41, 5.74) is 0.969. The first kappa shape index (κ1) is 15.3. The van der Waals surface area contributed by atoms with Crippen LogP contribution in [-0.2, 0) is 0 Å². The molecule has 1 aliphatic rings. The predicted molar refractivity (Wildman–Crippen MR) is 84.9 cm³/mol.